The van der Waals surface area contributed by atoms with Crippen LogP contribution in [0, 0.1) is 5.82 Å². The third-order valence-electron chi connectivity index (χ3n) is 4.71. The molecule has 0 fully saturated rings. The lowest BCUT2D eigenvalue weighted by Gasteiger charge is -2.05. The van der Waals surface area contributed by atoms with Gasteiger partial charge in [-0.1, -0.05) is 83.3 Å². The molecular formula is C23H36FN3O2. The molecule has 2 amide bonds. The molecule has 0 spiro atoms. The second-order valence-corrected chi connectivity index (χ2v) is 7.41. The average molecular weight is 406 g/mol. The molecule has 1 aromatic carbocycles. The van der Waals surface area contributed by atoms with Crippen molar-refractivity contribution in [3.8, 4) is 0 Å². The molecule has 6 heteroatoms. The SMILES string of the molecule is CCCCCCCCCCCCCC(=O)NCC(=O)NN=Cc1cccc(F)c1. The van der Waals surface area contributed by atoms with Crippen LogP contribution in [0.3, 0.4) is 0 Å². The highest BCUT2D eigenvalue weighted by atomic mass is 19.1. The summed E-state index contributed by atoms with van der Waals surface area (Å²) in [4.78, 5) is 23.4. The van der Waals surface area contributed by atoms with Crippen LogP contribution in [0.5, 0.6) is 0 Å². The van der Waals surface area contributed by atoms with Crippen molar-refractivity contribution in [2.75, 3.05) is 6.54 Å². The molecule has 0 aliphatic rings. The van der Waals surface area contributed by atoms with E-state index in [2.05, 4.69) is 22.8 Å². The fraction of sp³-hybridized carbons (Fsp3) is 0.609. The van der Waals surface area contributed by atoms with Crippen LogP contribution in [0.15, 0.2) is 29.4 Å². The zero-order chi connectivity index (χ0) is 21.2. The first-order valence-corrected chi connectivity index (χ1v) is 11.0. The van der Waals surface area contributed by atoms with Crippen molar-refractivity contribution in [2.45, 2.75) is 84.0 Å². The van der Waals surface area contributed by atoms with Gasteiger partial charge in [0, 0.05) is 6.42 Å². The van der Waals surface area contributed by atoms with Crippen molar-refractivity contribution in [3.05, 3.63) is 35.6 Å². The molecule has 0 aliphatic carbocycles. The molecule has 0 aliphatic heterocycles. The number of carbonyl (C=O) groups excluding carboxylic acids is 2. The smallest absolute Gasteiger partial charge is 0.259 e. The zero-order valence-electron chi connectivity index (χ0n) is 17.7. The predicted molar refractivity (Wildman–Crippen MR) is 116 cm³/mol. The lowest BCUT2D eigenvalue weighted by molar-refractivity contribution is -0.126. The Bertz CT molecular complexity index is 620. The number of benzene rings is 1. The van der Waals surface area contributed by atoms with E-state index in [4.69, 9.17) is 0 Å². The molecule has 0 atom stereocenters. The van der Waals surface area contributed by atoms with Crippen LogP contribution in [-0.4, -0.2) is 24.6 Å². The maximum absolute atomic E-state index is 13.0. The highest BCUT2D eigenvalue weighted by molar-refractivity contribution is 5.86. The van der Waals surface area contributed by atoms with Crippen LogP contribution < -0.4 is 10.7 Å². The van der Waals surface area contributed by atoms with Crippen LogP contribution >= 0.6 is 0 Å². The van der Waals surface area contributed by atoms with E-state index in [1.54, 1.807) is 12.1 Å². The van der Waals surface area contributed by atoms with Crippen molar-refractivity contribution >= 4 is 18.0 Å². The topological polar surface area (TPSA) is 70.6 Å². The third-order valence-corrected chi connectivity index (χ3v) is 4.71. The first kappa shape index (κ1) is 24.8. The van der Waals surface area contributed by atoms with Gasteiger partial charge in [0.2, 0.25) is 5.91 Å². The first-order valence-electron chi connectivity index (χ1n) is 11.0. The monoisotopic (exact) mass is 405 g/mol. The van der Waals surface area contributed by atoms with Gasteiger partial charge >= 0.3 is 0 Å². The van der Waals surface area contributed by atoms with Gasteiger partial charge in [0.25, 0.3) is 5.91 Å². The molecular weight excluding hydrogens is 369 g/mol. The van der Waals surface area contributed by atoms with Crippen LogP contribution in [0.25, 0.3) is 0 Å². The van der Waals surface area contributed by atoms with E-state index in [9.17, 15) is 14.0 Å². The van der Waals surface area contributed by atoms with Crippen molar-refractivity contribution in [1.82, 2.24) is 10.7 Å². The van der Waals surface area contributed by atoms with Gasteiger partial charge in [-0.05, 0) is 24.1 Å². The van der Waals surface area contributed by atoms with Gasteiger partial charge in [0.15, 0.2) is 0 Å². The van der Waals surface area contributed by atoms with Crippen LogP contribution in [-0.2, 0) is 9.59 Å². The molecule has 0 unspecified atom stereocenters. The van der Waals surface area contributed by atoms with E-state index in [1.807, 2.05) is 0 Å². The van der Waals surface area contributed by atoms with Crippen molar-refractivity contribution in [3.63, 3.8) is 0 Å². The van der Waals surface area contributed by atoms with Crippen LogP contribution in [0.1, 0.15) is 89.5 Å². The summed E-state index contributed by atoms with van der Waals surface area (Å²) < 4.78 is 13.0. The molecule has 0 heterocycles. The number of hydrogen-bond acceptors (Lipinski definition) is 3. The average Bonchev–Trinajstić information content (AvgIpc) is 2.70. The number of rotatable bonds is 16. The Morgan fingerprint density at radius 3 is 2.17 bits per heavy atom. The first-order chi connectivity index (χ1) is 14.1. The van der Waals surface area contributed by atoms with E-state index in [0.717, 1.165) is 19.3 Å². The minimum absolute atomic E-state index is 0.114. The normalized spacial score (nSPS) is 11.0. The molecule has 162 valence electrons. The molecule has 29 heavy (non-hydrogen) atoms. The second kappa shape index (κ2) is 16.7. The minimum Gasteiger partial charge on any atom is -0.347 e. The number of nitrogens with zero attached hydrogens (tertiary/aromatic N) is 1. The van der Waals surface area contributed by atoms with E-state index in [1.165, 1.54) is 69.7 Å². The van der Waals surface area contributed by atoms with Gasteiger partial charge in [-0.2, -0.15) is 5.10 Å². The molecule has 0 bridgehead atoms. The van der Waals surface area contributed by atoms with Gasteiger partial charge in [-0.15, -0.1) is 0 Å². The highest BCUT2D eigenvalue weighted by Gasteiger charge is 2.04. The fourth-order valence-corrected chi connectivity index (χ4v) is 3.02. The summed E-state index contributed by atoms with van der Waals surface area (Å²) in [7, 11) is 0. The minimum atomic E-state index is -0.412. The van der Waals surface area contributed by atoms with Gasteiger partial charge in [-0.25, -0.2) is 9.82 Å². The summed E-state index contributed by atoms with van der Waals surface area (Å²) in [5.74, 6) is -0.898. The predicted octanol–water partition coefficient (Wildman–Crippen LogP) is 5.09. The number of carbonyl (C=O) groups is 2. The summed E-state index contributed by atoms with van der Waals surface area (Å²) in [6.07, 6.45) is 15.4. The fourth-order valence-electron chi connectivity index (χ4n) is 3.02. The number of hydrogen-bond donors (Lipinski definition) is 2. The molecule has 0 radical (unpaired) electrons. The Balaban J connectivity index is 1.96. The van der Waals surface area contributed by atoms with E-state index in [0.29, 0.717) is 12.0 Å². The molecule has 0 saturated carbocycles. The lowest BCUT2D eigenvalue weighted by atomic mass is 10.1. The summed E-state index contributed by atoms with van der Waals surface area (Å²) in [5, 5.41) is 6.34. The number of unbranched alkanes of at least 4 members (excludes halogenated alkanes) is 10. The Morgan fingerprint density at radius 2 is 1.55 bits per heavy atom. The number of hydrazone groups is 1. The molecule has 1 aromatic rings. The number of halogens is 1. The van der Waals surface area contributed by atoms with Gasteiger partial charge < -0.3 is 5.32 Å². The van der Waals surface area contributed by atoms with Gasteiger partial charge in [0.1, 0.15) is 5.82 Å². The van der Waals surface area contributed by atoms with Crippen molar-refractivity contribution in [2.24, 2.45) is 5.10 Å². The quantitative estimate of drug-likeness (QED) is 0.228. The molecule has 0 aromatic heterocycles. The molecule has 1 rings (SSSR count). The van der Waals surface area contributed by atoms with Gasteiger partial charge in [-0.3, -0.25) is 9.59 Å². The molecule has 0 saturated heterocycles. The standard InChI is InChI=1S/C23H36FN3O2/c1-2-3-4-5-6-7-8-9-10-11-12-16-22(28)25-19-23(29)27-26-18-20-14-13-15-21(24)17-20/h13-15,17-18H,2-12,16,19H2,1H3,(H,25,28)(H,27,29). The Kier molecular flexibility index (Phi) is 14.3. The van der Waals surface area contributed by atoms with Crippen LogP contribution in [0.2, 0.25) is 0 Å². The summed E-state index contributed by atoms with van der Waals surface area (Å²) in [6.45, 7) is 2.12. The largest absolute Gasteiger partial charge is 0.347 e. The maximum Gasteiger partial charge on any atom is 0.259 e. The zero-order valence-corrected chi connectivity index (χ0v) is 17.7. The maximum atomic E-state index is 13.0. The number of nitrogens with one attached hydrogen (secondary N) is 2. The summed E-state index contributed by atoms with van der Waals surface area (Å²) >= 11 is 0. The molecule has 2 N–H and O–H groups in total. The van der Waals surface area contributed by atoms with Crippen molar-refractivity contribution < 1.29 is 14.0 Å². The van der Waals surface area contributed by atoms with E-state index >= 15 is 0 Å². The third kappa shape index (κ3) is 14.4. The highest BCUT2D eigenvalue weighted by Crippen LogP contribution is 2.11. The molecule has 5 nitrogen and oxygen atoms in total. The Morgan fingerprint density at radius 1 is 0.931 bits per heavy atom. The van der Waals surface area contributed by atoms with Gasteiger partial charge in [0.05, 0.1) is 12.8 Å². The van der Waals surface area contributed by atoms with Crippen molar-refractivity contribution in [1.29, 1.82) is 0 Å². The van der Waals surface area contributed by atoms with Crippen LogP contribution in [0.4, 0.5) is 4.39 Å². The Labute approximate surface area is 174 Å². The Hall–Kier alpha value is -2.24. The lowest BCUT2D eigenvalue weighted by Crippen LogP contribution is -2.34. The second-order valence-electron chi connectivity index (χ2n) is 7.41. The van der Waals surface area contributed by atoms with E-state index in [-0.39, 0.29) is 18.3 Å². The number of amides is 2. The van der Waals surface area contributed by atoms with E-state index < -0.39 is 5.91 Å². The summed E-state index contributed by atoms with van der Waals surface area (Å²) in [5.41, 5.74) is 2.86. The summed E-state index contributed by atoms with van der Waals surface area (Å²) in [6, 6.07) is 5.88.